The van der Waals surface area contributed by atoms with Gasteiger partial charge in [0.1, 0.15) is 0 Å². The third-order valence-electron chi connectivity index (χ3n) is 2.53. The number of carboxylic acids is 1. The quantitative estimate of drug-likeness (QED) is 0.751. The number of rotatable bonds is 6. The summed E-state index contributed by atoms with van der Waals surface area (Å²) < 4.78 is 0. The van der Waals surface area contributed by atoms with Crippen LogP contribution >= 0.6 is 0 Å². The molecule has 0 bridgehead atoms. The van der Waals surface area contributed by atoms with Gasteiger partial charge in [-0.3, -0.25) is 9.59 Å². The van der Waals surface area contributed by atoms with Crippen molar-refractivity contribution in [3.05, 3.63) is 18.1 Å². The summed E-state index contributed by atoms with van der Waals surface area (Å²) in [5.41, 5.74) is 5.28. The Hall–Kier alpha value is -2.18. The summed E-state index contributed by atoms with van der Waals surface area (Å²) in [5, 5.41) is 8.80. The molecule has 3 N–H and O–H groups in total. The Labute approximate surface area is 105 Å². The van der Waals surface area contributed by atoms with E-state index in [0.29, 0.717) is 12.4 Å². The van der Waals surface area contributed by atoms with Crippen LogP contribution in [0.2, 0.25) is 0 Å². The highest BCUT2D eigenvalue weighted by molar-refractivity contribution is 5.95. The lowest BCUT2D eigenvalue weighted by atomic mass is 10.2. The van der Waals surface area contributed by atoms with Crippen LogP contribution in [0.1, 0.15) is 30.8 Å². The lowest BCUT2D eigenvalue weighted by Gasteiger charge is -2.28. The zero-order chi connectivity index (χ0) is 13.7. The minimum absolute atomic E-state index is 0.0524. The number of anilines is 1. The van der Waals surface area contributed by atoms with Gasteiger partial charge in [-0.05, 0) is 13.8 Å². The van der Waals surface area contributed by atoms with Gasteiger partial charge in [-0.25, -0.2) is 9.97 Å². The van der Waals surface area contributed by atoms with Gasteiger partial charge in [0, 0.05) is 25.0 Å². The summed E-state index contributed by atoms with van der Waals surface area (Å²) in [5.74, 6) is -1.27. The molecule has 0 aliphatic heterocycles. The number of nitrogens with two attached hydrogens (primary N) is 1. The van der Waals surface area contributed by atoms with Gasteiger partial charge in [-0.1, -0.05) is 0 Å². The van der Waals surface area contributed by atoms with Crippen LogP contribution in [0.3, 0.4) is 0 Å². The van der Waals surface area contributed by atoms with Crippen LogP contribution in [-0.2, 0) is 4.79 Å². The number of amides is 1. The topological polar surface area (TPSA) is 109 Å². The first-order valence-electron chi connectivity index (χ1n) is 5.56. The summed E-state index contributed by atoms with van der Waals surface area (Å²) in [4.78, 5) is 31.6. The van der Waals surface area contributed by atoms with Crippen molar-refractivity contribution in [2.75, 3.05) is 11.4 Å². The molecule has 1 rings (SSSR count). The predicted octanol–water partition coefficient (Wildman–Crippen LogP) is 0.265. The van der Waals surface area contributed by atoms with Crippen LogP contribution in [0.15, 0.2) is 12.4 Å². The molecule has 1 aromatic rings. The Morgan fingerprint density at radius 3 is 2.56 bits per heavy atom. The van der Waals surface area contributed by atoms with E-state index >= 15 is 0 Å². The molecule has 7 nitrogen and oxygen atoms in total. The van der Waals surface area contributed by atoms with E-state index in [9.17, 15) is 9.59 Å². The number of hydrogen-bond acceptors (Lipinski definition) is 5. The van der Waals surface area contributed by atoms with Crippen LogP contribution in [0.25, 0.3) is 0 Å². The molecule has 0 saturated heterocycles. The normalized spacial score (nSPS) is 11.9. The fraction of sp³-hybridized carbons (Fsp3) is 0.455. The molecule has 1 unspecified atom stereocenters. The van der Waals surface area contributed by atoms with Crippen LogP contribution in [-0.4, -0.2) is 39.5 Å². The van der Waals surface area contributed by atoms with E-state index < -0.39 is 11.9 Å². The van der Waals surface area contributed by atoms with E-state index in [1.165, 1.54) is 12.4 Å². The molecule has 0 aromatic carbocycles. The highest BCUT2D eigenvalue weighted by Crippen LogP contribution is 2.18. The second kappa shape index (κ2) is 5.95. The van der Waals surface area contributed by atoms with Crippen molar-refractivity contribution < 1.29 is 14.7 Å². The third-order valence-corrected chi connectivity index (χ3v) is 2.53. The van der Waals surface area contributed by atoms with Crippen molar-refractivity contribution in [3.63, 3.8) is 0 Å². The zero-order valence-corrected chi connectivity index (χ0v) is 10.3. The molecular weight excluding hydrogens is 236 g/mol. The van der Waals surface area contributed by atoms with Crippen molar-refractivity contribution in [1.82, 2.24) is 9.97 Å². The fourth-order valence-corrected chi connectivity index (χ4v) is 1.75. The maximum Gasteiger partial charge on any atom is 0.305 e. The van der Waals surface area contributed by atoms with Crippen molar-refractivity contribution in [2.45, 2.75) is 26.3 Å². The number of carbonyl (C=O) groups excluding carboxylic acids is 1. The smallest absolute Gasteiger partial charge is 0.305 e. The molecule has 98 valence electrons. The number of aromatic nitrogens is 2. The largest absolute Gasteiger partial charge is 0.481 e. The fourth-order valence-electron chi connectivity index (χ4n) is 1.75. The zero-order valence-electron chi connectivity index (χ0n) is 10.3. The molecule has 1 aromatic heterocycles. The van der Waals surface area contributed by atoms with Gasteiger partial charge in [0.2, 0.25) is 0 Å². The Kier molecular flexibility index (Phi) is 4.59. The molecule has 18 heavy (non-hydrogen) atoms. The predicted molar refractivity (Wildman–Crippen MR) is 65.3 cm³/mol. The average molecular weight is 252 g/mol. The Balaban J connectivity index is 3.08. The van der Waals surface area contributed by atoms with E-state index in [1.807, 2.05) is 6.92 Å². The lowest BCUT2D eigenvalue weighted by Crippen LogP contribution is -2.37. The van der Waals surface area contributed by atoms with Crippen molar-refractivity contribution in [3.8, 4) is 0 Å². The summed E-state index contributed by atoms with van der Waals surface area (Å²) >= 11 is 0. The molecule has 0 saturated carbocycles. The van der Waals surface area contributed by atoms with Crippen LogP contribution in [0.5, 0.6) is 0 Å². The van der Waals surface area contributed by atoms with Gasteiger partial charge < -0.3 is 15.7 Å². The minimum atomic E-state index is -0.912. The van der Waals surface area contributed by atoms with Gasteiger partial charge in [-0.2, -0.15) is 0 Å². The summed E-state index contributed by atoms with van der Waals surface area (Å²) in [6.45, 7) is 4.10. The highest BCUT2D eigenvalue weighted by Gasteiger charge is 2.22. The molecule has 0 fully saturated rings. The maximum atomic E-state index is 11.3. The van der Waals surface area contributed by atoms with Crippen LogP contribution < -0.4 is 10.6 Å². The van der Waals surface area contributed by atoms with Crippen molar-refractivity contribution in [1.29, 1.82) is 0 Å². The van der Waals surface area contributed by atoms with Gasteiger partial charge in [-0.15, -0.1) is 0 Å². The molecule has 0 aliphatic carbocycles. The number of nitrogens with zero attached hydrogens (tertiary/aromatic N) is 3. The molecule has 0 spiro atoms. The first-order chi connectivity index (χ1) is 8.47. The van der Waals surface area contributed by atoms with E-state index in [-0.39, 0.29) is 18.2 Å². The Morgan fingerprint density at radius 1 is 1.44 bits per heavy atom. The lowest BCUT2D eigenvalue weighted by molar-refractivity contribution is -0.137. The Bertz CT molecular complexity index is 450. The number of primary amides is 1. The SMILES string of the molecule is CCN(c1nccnc1C(N)=O)C(C)CC(=O)O. The molecule has 0 radical (unpaired) electrons. The average Bonchev–Trinajstić information content (AvgIpc) is 2.29. The van der Waals surface area contributed by atoms with Gasteiger partial charge >= 0.3 is 5.97 Å². The van der Waals surface area contributed by atoms with Crippen LogP contribution in [0.4, 0.5) is 5.82 Å². The number of aliphatic carboxylic acids is 1. The molecule has 1 heterocycles. The second-order valence-corrected chi connectivity index (χ2v) is 3.83. The number of hydrogen-bond donors (Lipinski definition) is 2. The number of carbonyl (C=O) groups is 2. The minimum Gasteiger partial charge on any atom is -0.481 e. The third kappa shape index (κ3) is 3.16. The standard InChI is InChI=1S/C11H16N4O3/c1-3-15(7(2)6-8(16)17)11-9(10(12)18)13-4-5-14-11/h4-5,7H,3,6H2,1-2H3,(H2,12,18)(H,16,17). The molecule has 1 atom stereocenters. The Morgan fingerprint density at radius 2 is 2.06 bits per heavy atom. The highest BCUT2D eigenvalue weighted by atomic mass is 16.4. The molecule has 1 amide bonds. The van der Waals surface area contributed by atoms with E-state index in [1.54, 1.807) is 11.8 Å². The van der Waals surface area contributed by atoms with E-state index in [2.05, 4.69) is 9.97 Å². The van der Waals surface area contributed by atoms with E-state index in [0.717, 1.165) is 0 Å². The molecular formula is C11H16N4O3. The molecule has 0 aliphatic rings. The molecule has 7 heteroatoms. The van der Waals surface area contributed by atoms with Crippen molar-refractivity contribution >= 4 is 17.7 Å². The number of carboxylic acid groups (broad SMARTS) is 1. The van der Waals surface area contributed by atoms with Crippen molar-refractivity contribution in [2.24, 2.45) is 5.73 Å². The van der Waals surface area contributed by atoms with Crippen LogP contribution in [0, 0.1) is 0 Å². The summed E-state index contributed by atoms with van der Waals surface area (Å²) in [6, 6.07) is -0.303. The monoisotopic (exact) mass is 252 g/mol. The van der Waals surface area contributed by atoms with Gasteiger partial charge in [0.15, 0.2) is 11.5 Å². The van der Waals surface area contributed by atoms with Gasteiger partial charge in [0.05, 0.1) is 6.42 Å². The first kappa shape index (κ1) is 13.9. The summed E-state index contributed by atoms with van der Waals surface area (Å²) in [7, 11) is 0. The summed E-state index contributed by atoms with van der Waals surface area (Å²) in [6.07, 6.45) is 2.76. The maximum absolute atomic E-state index is 11.3. The second-order valence-electron chi connectivity index (χ2n) is 3.83. The van der Waals surface area contributed by atoms with E-state index in [4.69, 9.17) is 10.8 Å². The first-order valence-corrected chi connectivity index (χ1v) is 5.56. The van der Waals surface area contributed by atoms with Gasteiger partial charge in [0.25, 0.3) is 5.91 Å².